The van der Waals surface area contributed by atoms with Crippen LogP contribution in [0.25, 0.3) is 0 Å². The Labute approximate surface area is 555 Å². The topological polar surface area (TPSA) is 0 Å². The van der Waals surface area contributed by atoms with Crippen LogP contribution < -0.4 is 0 Å². The summed E-state index contributed by atoms with van der Waals surface area (Å²) < 4.78 is 50.7. The SMILES string of the molecule is CC.CC.CC(C)(C)C.CC(C)(C)C.CC(C)C.CC12CC3CC(CC(C3)C1)C2.CC1CCCC1.CC1CCCCC1.CCC.CCC(C)(C)C.CCC(C)C.[2H]C(C)(C)C.[2H]C([2H])(C)C(C)(C)C.[2H]C([2H])(C)C(C)C.[2H]C1(C)CCCC1.[2H]C1(C)CCCCC1. The third-order valence-electron chi connectivity index (χ3n) is 14.3. The van der Waals surface area contributed by atoms with E-state index in [1.54, 1.807) is 52.4 Å². The standard InChI is InChI=1S/C11H18.2C7H14.2C6H12.2C6H14.4C5H12.2C4H10.C3H8.2C2H6/c1-11-5-8-2-9(6-11)4-10(3-8)7-11;2*1-7-5-3-2-4-6-7;2*1-6-4-2-3-5-6;2*1-5-6(2,3)4;2*1-5(2,3)4;2*1-4-5(2)3;2*1-4(2)3;1-3-2;2*1-2/h8-10H,2-7H2,1H3;2*7H,2-6H2,1H3;2*6H,2-5H2,1H3;2*5H2,1-4H3;2*1-4H3;2*5H,4H2,1-3H3;2*4H,1-3H3;3H2,1-2H3;2*1-2H3/i;7D;;6D;;5D2;;;;4D2;;4D;;;;. The summed E-state index contributed by atoms with van der Waals surface area (Å²) in [5.74, 6) is 6.99. The van der Waals surface area contributed by atoms with Crippen LogP contribution in [-0.4, -0.2) is 0 Å². The molecule has 0 aromatic carbocycles. The van der Waals surface area contributed by atoms with Gasteiger partial charge in [0, 0.05) is 9.60 Å². The lowest BCUT2D eigenvalue weighted by molar-refractivity contribution is -0.0411. The van der Waals surface area contributed by atoms with Crippen molar-refractivity contribution in [2.75, 3.05) is 0 Å². The van der Waals surface area contributed by atoms with E-state index in [4.69, 9.17) is 9.60 Å². The van der Waals surface area contributed by atoms with Gasteiger partial charge in [0.05, 0.1) is 0 Å². The smallest absolute Gasteiger partial charge is 0.0300 e. The van der Waals surface area contributed by atoms with E-state index in [0.29, 0.717) is 16.2 Å². The maximum atomic E-state index is 7.63. The molecule has 8 aliphatic rings. The summed E-state index contributed by atoms with van der Waals surface area (Å²) in [6.07, 6.45) is 35.6. The summed E-state index contributed by atoms with van der Waals surface area (Å²) in [7, 11) is 0. The molecule has 8 saturated carbocycles. The Morgan fingerprint density at radius 1 is 0.417 bits per heavy atom. The lowest BCUT2D eigenvalue weighted by Gasteiger charge is -2.55. The van der Waals surface area contributed by atoms with Gasteiger partial charge in [0.2, 0.25) is 0 Å². The Kier molecular flexibility index (Phi) is 67.6. The zero-order chi connectivity index (χ0) is 74.7. The van der Waals surface area contributed by atoms with Gasteiger partial charge in [-0.25, -0.2) is 0 Å². The van der Waals surface area contributed by atoms with Gasteiger partial charge in [-0.05, 0) is 131 Å². The van der Waals surface area contributed by atoms with Crippen LogP contribution in [0.2, 0.25) is 0 Å². The van der Waals surface area contributed by atoms with Crippen LogP contribution >= 0.6 is 0 Å². The first-order chi connectivity index (χ1) is 40.6. The third-order valence-corrected chi connectivity index (χ3v) is 14.3. The molecule has 0 atom stereocenters. The number of hydrogen-bond acceptors (Lipinski definition) is 0. The first-order valence-electron chi connectivity index (χ1n) is 40.6. The highest BCUT2D eigenvalue weighted by atomic mass is 14.5. The van der Waals surface area contributed by atoms with E-state index in [1.807, 2.05) is 96.9 Å². The fourth-order valence-corrected chi connectivity index (χ4v) is 9.11. The Balaban J connectivity index is -0.000000114. The molecule has 0 nitrogen and oxygen atoms in total. The Hall–Kier alpha value is 0. The van der Waals surface area contributed by atoms with Crippen LogP contribution in [0.1, 0.15) is 466 Å². The Bertz CT molecular complexity index is 1330. The average Bonchev–Trinajstić information content (AvgIpc) is 1.44. The maximum absolute atomic E-state index is 7.63. The van der Waals surface area contributed by atoms with E-state index in [1.165, 1.54) is 109 Å². The van der Waals surface area contributed by atoms with E-state index in [9.17, 15) is 0 Å². The van der Waals surface area contributed by atoms with Gasteiger partial charge in [-0.2, -0.15) is 0 Å². The molecule has 0 spiro atoms. The third kappa shape index (κ3) is 120. The minimum absolute atomic E-state index is 0.0556. The highest BCUT2D eigenvalue weighted by Crippen LogP contribution is 2.59. The second-order valence-corrected chi connectivity index (χ2v) is 34.1. The predicted molar refractivity (Wildman–Crippen MR) is 406 cm³/mol. The Morgan fingerprint density at radius 2 is 0.583 bits per heavy atom. The molecule has 8 fully saturated rings. The van der Waals surface area contributed by atoms with E-state index >= 15 is 0 Å². The summed E-state index contributed by atoms with van der Waals surface area (Å²) in [4.78, 5) is 0. The molecule has 8 aliphatic carbocycles. The molecule has 0 heteroatoms. The molecule has 0 radical (unpaired) electrons. The van der Waals surface area contributed by atoms with Crippen LogP contribution in [0.5, 0.6) is 0 Å². The van der Waals surface area contributed by atoms with Gasteiger partial charge in [-0.1, -0.05) is 418 Å². The molecule has 4 bridgehead atoms. The monoisotopic (exact) mass is 1200 g/mol. The van der Waals surface area contributed by atoms with Crippen molar-refractivity contribution in [1.29, 1.82) is 0 Å². The van der Waals surface area contributed by atoms with Crippen molar-refractivity contribution in [2.45, 2.75) is 456 Å². The van der Waals surface area contributed by atoms with E-state index in [2.05, 4.69) is 159 Å². The van der Waals surface area contributed by atoms with E-state index in [0.717, 1.165) is 72.5 Å². The van der Waals surface area contributed by atoms with Crippen LogP contribution in [0.3, 0.4) is 0 Å². The van der Waals surface area contributed by atoms with Crippen molar-refractivity contribution < 1.29 is 9.60 Å². The summed E-state index contributed by atoms with van der Waals surface area (Å²) in [6.45, 7) is 81.3. The molecule has 8 rings (SSSR count). The first-order valence-corrected chi connectivity index (χ1v) is 37.1. The molecule has 0 N–H and O–H groups in total. The quantitative estimate of drug-likeness (QED) is 0.259. The van der Waals surface area contributed by atoms with Gasteiger partial charge in [0.25, 0.3) is 0 Å². The van der Waals surface area contributed by atoms with Crippen molar-refractivity contribution in [2.24, 2.45) is 92.1 Å². The zero-order valence-corrected chi connectivity index (χ0v) is 67.7. The molecular formula is C84H186. The molecule has 0 heterocycles. The van der Waals surface area contributed by atoms with Gasteiger partial charge in [0.1, 0.15) is 0 Å². The fraction of sp³-hybridized carbons (Fsp3) is 1.00. The van der Waals surface area contributed by atoms with Crippen molar-refractivity contribution >= 4 is 0 Å². The van der Waals surface area contributed by atoms with Crippen molar-refractivity contribution in [1.82, 2.24) is 0 Å². The molecule has 0 amide bonds. The van der Waals surface area contributed by atoms with Crippen LogP contribution in [0, 0.1) is 92.1 Å². The second-order valence-electron chi connectivity index (χ2n) is 34.1. The maximum Gasteiger partial charge on any atom is 0.0300 e. The molecular weight excluding hydrogens is 1010 g/mol. The molecule has 0 aromatic heterocycles. The average molecular weight is 1200 g/mol. The Morgan fingerprint density at radius 3 is 0.667 bits per heavy atom. The molecule has 84 heavy (non-hydrogen) atoms. The van der Waals surface area contributed by atoms with Gasteiger partial charge >= 0.3 is 0 Å². The van der Waals surface area contributed by atoms with Crippen LogP contribution in [0.15, 0.2) is 0 Å². The zero-order valence-electron chi connectivity index (χ0n) is 74.7. The van der Waals surface area contributed by atoms with Gasteiger partial charge in [0.15, 0.2) is 0 Å². The fourth-order valence-electron chi connectivity index (χ4n) is 9.11. The molecule has 0 aromatic rings. The molecule has 0 saturated heterocycles. The van der Waals surface area contributed by atoms with E-state index < -0.39 is 12.7 Å². The van der Waals surface area contributed by atoms with Gasteiger partial charge in [-0.3, -0.25) is 0 Å². The van der Waals surface area contributed by atoms with E-state index in [-0.39, 0.29) is 29.0 Å². The summed E-state index contributed by atoms with van der Waals surface area (Å²) in [5.41, 5.74) is 2.11. The highest BCUT2D eigenvalue weighted by molar-refractivity contribution is 4.99. The number of hydrogen-bond donors (Lipinski definition) is 0. The summed E-state index contributed by atoms with van der Waals surface area (Å²) in [6, 6.07) is 0. The van der Waals surface area contributed by atoms with Gasteiger partial charge in [-0.15, -0.1) is 0 Å². The van der Waals surface area contributed by atoms with Crippen LogP contribution in [-0.2, 0) is 0 Å². The lowest BCUT2D eigenvalue weighted by Crippen LogP contribution is -2.44. The second kappa shape index (κ2) is 65.9. The first kappa shape index (κ1) is 86.1. The van der Waals surface area contributed by atoms with Crippen molar-refractivity contribution in [3.63, 3.8) is 0 Å². The molecule has 0 aliphatic heterocycles. The lowest BCUT2D eigenvalue weighted by atomic mass is 9.50. The predicted octanol–water partition coefficient (Wildman–Crippen LogP) is 32.7. The highest BCUT2D eigenvalue weighted by Gasteiger charge is 2.48. The van der Waals surface area contributed by atoms with Crippen molar-refractivity contribution in [3.05, 3.63) is 0 Å². The molecule has 0 unspecified atom stereocenters. The van der Waals surface area contributed by atoms with Gasteiger partial charge < -0.3 is 0 Å². The van der Waals surface area contributed by atoms with Crippen LogP contribution in [0.4, 0.5) is 0 Å². The molecule has 522 valence electrons. The minimum Gasteiger partial charge on any atom is -0.0683 e. The largest absolute Gasteiger partial charge is 0.0683 e. The van der Waals surface area contributed by atoms with Crippen molar-refractivity contribution in [3.8, 4) is 0 Å². The summed E-state index contributed by atoms with van der Waals surface area (Å²) >= 11 is 0. The minimum atomic E-state index is -1.06. The summed E-state index contributed by atoms with van der Waals surface area (Å²) in [5, 5.41) is 0. The number of rotatable bonds is 2. The normalized spacial score (nSPS) is 23.7.